The second kappa shape index (κ2) is 19.1. The molecule has 272 valence electrons. The Bertz CT molecular complexity index is 1240. The predicted molar refractivity (Wildman–Crippen MR) is 175 cm³/mol. The van der Waals surface area contributed by atoms with Crippen molar-refractivity contribution >= 4 is 53.8 Å². The molecular weight excluding hydrogens is 630 g/mol. The lowest BCUT2D eigenvalue weighted by Crippen LogP contribution is -2.58. The molecular formula is C30H53N9O9. The number of primary amides is 1. The zero-order valence-electron chi connectivity index (χ0n) is 30.2. The van der Waals surface area contributed by atoms with Crippen molar-refractivity contribution in [3.8, 4) is 0 Å². The maximum Gasteiger partial charge on any atom is 0.335 e. The van der Waals surface area contributed by atoms with E-state index < -0.39 is 78.3 Å². The van der Waals surface area contributed by atoms with Crippen LogP contribution in [0.3, 0.4) is 0 Å². The Kier molecular flexibility index (Phi) is 17.2. The summed E-state index contributed by atoms with van der Waals surface area (Å²) in [6.07, 6.45) is 0.805. The first-order valence-corrected chi connectivity index (χ1v) is 15.5. The minimum Gasteiger partial charge on any atom is -0.351 e. The third kappa shape index (κ3) is 12.8. The molecule has 0 saturated carbocycles. The number of nitrogens with two attached hydrogens (primary N) is 1. The Morgan fingerprint density at radius 1 is 0.646 bits per heavy atom. The third-order valence-corrected chi connectivity index (χ3v) is 7.44. The van der Waals surface area contributed by atoms with Crippen LogP contribution in [-0.2, 0) is 19.2 Å². The lowest BCUT2D eigenvalue weighted by Gasteiger charge is -2.32. The fourth-order valence-electron chi connectivity index (χ4n) is 4.10. The number of amides is 14. The van der Waals surface area contributed by atoms with E-state index >= 15 is 0 Å². The Morgan fingerprint density at radius 3 is 1.62 bits per heavy atom. The number of carbonyl (C=O) groups excluding carboxylic acids is 9. The molecule has 0 fully saturated rings. The summed E-state index contributed by atoms with van der Waals surface area (Å²) in [7, 11) is 7.02. The summed E-state index contributed by atoms with van der Waals surface area (Å²) in [5, 5.41) is 4.55. The van der Waals surface area contributed by atoms with Gasteiger partial charge in [0.05, 0.1) is 0 Å². The molecule has 14 amide bonds. The molecule has 0 rings (SSSR count). The number of rotatable bonds is 12. The molecule has 0 spiro atoms. The van der Waals surface area contributed by atoms with Crippen LogP contribution < -0.4 is 16.4 Å². The van der Waals surface area contributed by atoms with Crippen LogP contribution in [0.4, 0.5) is 24.0 Å². The van der Waals surface area contributed by atoms with E-state index in [0.717, 1.165) is 28.8 Å². The lowest BCUT2D eigenvalue weighted by molar-refractivity contribution is -0.141. The molecule has 0 aliphatic carbocycles. The van der Waals surface area contributed by atoms with E-state index in [2.05, 4.69) is 5.32 Å². The molecule has 18 nitrogen and oxygen atoms in total. The van der Waals surface area contributed by atoms with E-state index in [9.17, 15) is 43.2 Å². The number of hydrogen-bond donors (Lipinski definition) is 3. The monoisotopic (exact) mass is 683 g/mol. The van der Waals surface area contributed by atoms with Crippen molar-refractivity contribution in [1.82, 2.24) is 40.0 Å². The largest absolute Gasteiger partial charge is 0.351 e. The van der Waals surface area contributed by atoms with Gasteiger partial charge in [0.25, 0.3) is 5.91 Å². The summed E-state index contributed by atoms with van der Waals surface area (Å²) in [4.78, 5) is 118. The summed E-state index contributed by atoms with van der Waals surface area (Å²) >= 11 is 0. The highest BCUT2D eigenvalue weighted by Gasteiger charge is 2.35. The van der Waals surface area contributed by atoms with Crippen LogP contribution in [0.2, 0.25) is 0 Å². The van der Waals surface area contributed by atoms with Gasteiger partial charge in [-0.3, -0.25) is 34.3 Å². The first-order chi connectivity index (χ1) is 22.0. The quantitative estimate of drug-likeness (QED) is 0.269. The smallest absolute Gasteiger partial charge is 0.335 e. The van der Waals surface area contributed by atoms with Gasteiger partial charge in [0.15, 0.2) is 0 Å². The van der Waals surface area contributed by atoms with Gasteiger partial charge in [0.2, 0.25) is 17.7 Å². The number of urea groups is 5. The molecule has 0 aromatic rings. The van der Waals surface area contributed by atoms with Gasteiger partial charge < -0.3 is 20.9 Å². The minimum absolute atomic E-state index is 0.0767. The number of hydrogen-bond acceptors (Lipinski definition) is 9. The fourth-order valence-corrected chi connectivity index (χ4v) is 4.10. The van der Waals surface area contributed by atoms with Crippen LogP contribution in [0.1, 0.15) is 60.8 Å². The standard InChI is InChI=1S/C30H53N9O9/c1-17(2)13-14-21(40)36(9)29(47)39(12)30(48)38(11)28(46)33-27(45)34(7)16-22(41)35(8)20(15-18(3)4)24(42)32-23(19(5)6)25(43)37(10)26(31)44/h17-20,23H,13-16H2,1-12H3,(H2,31,44)(H,32,42)(H,33,45,46)/t20-,23-/m0/s1. The molecule has 0 heterocycles. The number of carbonyl (C=O) groups is 9. The molecule has 0 aromatic heterocycles. The van der Waals surface area contributed by atoms with E-state index in [1.807, 2.05) is 33.0 Å². The highest BCUT2D eigenvalue weighted by atomic mass is 16.2. The van der Waals surface area contributed by atoms with Gasteiger partial charge in [-0.1, -0.05) is 41.5 Å². The number of likely N-dealkylation sites (N-methyl/N-ethyl adjacent to an activating group) is 3. The van der Waals surface area contributed by atoms with Crippen LogP contribution >= 0.6 is 0 Å². The molecule has 2 atom stereocenters. The molecule has 4 N–H and O–H groups in total. The maximum absolute atomic E-state index is 13.4. The van der Waals surface area contributed by atoms with E-state index in [1.165, 1.54) is 28.2 Å². The number of nitrogens with zero attached hydrogens (tertiary/aromatic N) is 6. The highest BCUT2D eigenvalue weighted by molar-refractivity contribution is 6.07. The lowest BCUT2D eigenvalue weighted by atomic mass is 9.99. The van der Waals surface area contributed by atoms with E-state index in [1.54, 1.807) is 13.8 Å². The number of nitrogens with one attached hydrogen (secondary N) is 2. The molecule has 0 aliphatic heterocycles. The zero-order chi connectivity index (χ0) is 37.8. The second-order valence-electron chi connectivity index (χ2n) is 12.8. The van der Waals surface area contributed by atoms with Crippen LogP contribution in [0, 0.1) is 17.8 Å². The van der Waals surface area contributed by atoms with Gasteiger partial charge in [0.1, 0.15) is 18.6 Å². The normalized spacial score (nSPS) is 12.1. The first-order valence-electron chi connectivity index (χ1n) is 15.5. The van der Waals surface area contributed by atoms with Crippen molar-refractivity contribution in [1.29, 1.82) is 0 Å². The zero-order valence-corrected chi connectivity index (χ0v) is 30.2. The summed E-state index contributed by atoms with van der Waals surface area (Å²) in [5.41, 5.74) is 5.21. The van der Waals surface area contributed by atoms with Crippen molar-refractivity contribution < 1.29 is 43.2 Å². The molecule has 0 aromatic carbocycles. The van der Waals surface area contributed by atoms with Crippen molar-refractivity contribution in [2.75, 3.05) is 48.8 Å². The molecule has 18 heteroatoms. The summed E-state index contributed by atoms with van der Waals surface area (Å²) in [5.74, 6) is -2.89. The van der Waals surface area contributed by atoms with E-state index in [0.29, 0.717) is 21.1 Å². The highest BCUT2D eigenvalue weighted by Crippen LogP contribution is 2.14. The molecule has 0 saturated heterocycles. The van der Waals surface area contributed by atoms with E-state index in [4.69, 9.17) is 5.73 Å². The average molecular weight is 684 g/mol. The first kappa shape index (κ1) is 43.2. The van der Waals surface area contributed by atoms with Crippen molar-refractivity contribution in [3.63, 3.8) is 0 Å². The van der Waals surface area contributed by atoms with Gasteiger partial charge in [-0.2, -0.15) is 0 Å². The Morgan fingerprint density at radius 2 is 1.17 bits per heavy atom. The van der Waals surface area contributed by atoms with Gasteiger partial charge in [-0.25, -0.2) is 33.8 Å². The van der Waals surface area contributed by atoms with Crippen LogP contribution in [0.5, 0.6) is 0 Å². The average Bonchev–Trinajstić information content (AvgIpc) is 3.01. The van der Waals surface area contributed by atoms with Crippen LogP contribution in [0.25, 0.3) is 0 Å². The Labute approximate surface area is 282 Å². The van der Waals surface area contributed by atoms with E-state index in [-0.39, 0.29) is 24.7 Å². The Hall–Kier alpha value is -4.77. The third-order valence-electron chi connectivity index (χ3n) is 7.44. The van der Waals surface area contributed by atoms with Crippen molar-refractivity contribution in [2.45, 2.75) is 72.9 Å². The molecule has 0 unspecified atom stereocenters. The van der Waals surface area contributed by atoms with Crippen molar-refractivity contribution in [3.05, 3.63) is 0 Å². The SMILES string of the molecule is CC(C)CCC(=O)N(C)C(=O)N(C)C(=O)N(C)C(=O)NC(=O)N(C)CC(=O)N(C)[C@@H](CC(C)C)C(=O)N[C@H](C(=O)N(C)C(N)=O)C(C)C. The molecule has 48 heavy (non-hydrogen) atoms. The molecule has 0 bridgehead atoms. The van der Waals surface area contributed by atoms with Crippen LogP contribution in [0.15, 0.2) is 0 Å². The Balaban J connectivity index is 5.55. The molecule has 0 radical (unpaired) electrons. The predicted octanol–water partition coefficient (Wildman–Crippen LogP) is 1.30. The summed E-state index contributed by atoms with van der Waals surface area (Å²) < 4.78 is 0. The summed E-state index contributed by atoms with van der Waals surface area (Å²) in [6.45, 7) is 10.2. The van der Waals surface area contributed by atoms with Gasteiger partial charge >= 0.3 is 30.2 Å². The maximum atomic E-state index is 13.4. The summed E-state index contributed by atoms with van der Waals surface area (Å²) in [6, 6.07) is -7.58. The fraction of sp³-hybridized carbons (Fsp3) is 0.700. The number of imide groups is 5. The van der Waals surface area contributed by atoms with Gasteiger partial charge in [0, 0.05) is 48.7 Å². The van der Waals surface area contributed by atoms with Crippen molar-refractivity contribution in [2.24, 2.45) is 23.5 Å². The van der Waals surface area contributed by atoms with Crippen LogP contribution in [-0.4, -0.2) is 144 Å². The van der Waals surface area contributed by atoms with Gasteiger partial charge in [-0.05, 0) is 30.6 Å². The second-order valence-corrected chi connectivity index (χ2v) is 12.8. The topological polar surface area (TPSA) is 223 Å². The van der Waals surface area contributed by atoms with Gasteiger partial charge in [-0.15, -0.1) is 0 Å². The minimum atomic E-state index is -1.21. The molecule has 0 aliphatic rings.